The quantitative estimate of drug-likeness (QED) is 0.401. The number of carboxylic acids is 1. The summed E-state index contributed by atoms with van der Waals surface area (Å²) in [7, 11) is 0. The number of carboxylic acid groups (broad SMARTS) is 1. The first-order chi connectivity index (χ1) is 13.5. The molecule has 0 aliphatic heterocycles. The van der Waals surface area contributed by atoms with Gasteiger partial charge in [0.25, 0.3) is 5.91 Å². The van der Waals surface area contributed by atoms with E-state index < -0.39 is 5.97 Å². The highest BCUT2D eigenvalue weighted by molar-refractivity contribution is 9.10. The van der Waals surface area contributed by atoms with Crippen LogP contribution in [0.2, 0.25) is 0 Å². The van der Waals surface area contributed by atoms with Gasteiger partial charge < -0.3 is 9.84 Å². The number of nitrogens with one attached hydrogen (secondary N) is 1. The number of carbonyl (C=O) groups excluding carboxylic acids is 1. The summed E-state index contributed by atoms with van der Waals surface area (Å²) in [5.74, 6) is -0.569. The number of nitrogens with zero attached hydrogens (tertiary/aromatic N) is 1. The molecule has 28 heavy (non-hydrogen) atoms. The molecular formula is C20H15BrN2O4S. The minimum Gasteiger partial charge on any atom is -0.488 e. The van der Waals surface area contributed by atoms with Crippen LogP contribution in [-0.2, 0) is 6.61 Å². The van der Waals surface area contributed by atoms with Crippen LogP contribution in [0.4, 0.5) is 0 Å². The Morgan fingerprint density at radius 1 is 1.18 bits per heavy atom. The molecule has 0 spiro atoms. The number of hydrazone groups is 1. The van der Waals surface area contributed by atoms with Crippen molar-refractivity contribution in [1.82, 2.24) is 5.43 Å². The van der Waals surface area contributed by atoms with Crippen LogP contribution in [0, 0.1) is 0 Å². The van der Waals surface area contributed by atoms with Crippen molar-refractivity contribution in [3.05, 3.63) is 86.0 Å². The lowest BCUT2D eigenvalue weighted by Gasteiger charge is -2.09. The molecule has 0 saturated heterocycles. The van der Waals surface area contributed by atoms with Crippen LogP contribution in [0.1, 0.15) is 31.2 Å². The lowest BCUT2D eigenvalue weighted by atomic mass is 10.1. The monoisotopic (exact) mass is 458 g/mol. The van der Waals surface area contributed by atoms with E-state index >= 15 is 0 Å². The van der Waals surface area contributed by atoms with Crippen molar-refractivity contribution in [3.8, 4) is 5.75 Å². The minimum atomic E-state index is -0.959. The number of hydrogen-bond donors (Lipinski definition) is 2. The number of benzene rings is 2. The summed E-state index contributed by atoms with van der Waals surface area (Å²) in [5.41, 5.74) is 4.36. The lowest BCUT2D eigenvalue weighted by molar-refractivity contribution is 0.0696. The maximum atomic E-state index is 11.8. The fraction of sp³-hybridized carbons (Fsp3) is 0.0500. The topological polar surface area (TPSA) is 88.0 Å². The summed E-state index contributed by atoms with van der Waals surface area (Å²) in [6.45, 7) is 0.308. The number of rotatable bonds is 7. The number of aromatic carboxylic acids is 1. The smallest absolute Gasteiger partial charge is 0.335 e. The van der Waals surface area contributed by atoms with Crippen LogP contribution in [0.15, 0.2) is 69.6 Å². The third-order valence-electron chi connectivity index (χ3n) is 3.68. The maximum absolute atomic E-state index is 11.8. The van der Waals surface area contributed by atoms with Crippen LogP contribution < -0.4 is 10.2 Å². The van der Waals surface area contributed by atoms with Crippen molar-refractivity contribution in [2.24, 2.45) is 5.10 Å². The number of ether oxygens (including phenoxy) is 1. The van der Waals surface area contributed by atoms with Gasteiger partial charge in [-0.25, -0.2) is 10.2 Å². The van der Waals surface area contributed by atoms with Gasteiger partial charge in [-0.3, -0.25) is 4.79 Å². The van der Waals surface area contributed by atoms with Crippen LogP contribution in [0.3, 0.4) is 0 Å². The van der Waals surface area contributed by atoms with Gasteiger partial charge in [0.15, 0.2) is 0 Å². The van der Waals surface area contributed by atoms with Gasteiger partial charge in [-0.05, 0) is 68.8 Å². The first kappa shape index (κ1) is 19.8. The summed E-state index contributed by atoms with van der Waals surface area (Å²) < 4.78 is 6.50. The molecule has 3 rings (SSSR count). The van der Waals surface area contributed by atoms with E-state index in [1.165, 1.54) is 11.3 Å². The second-order valence-electron chi connectivity index (χ2n) is 5.66. The molecule has 3 aromatic rings. The molecule has 1 heterocycles. The van der Waals surface area contributed by atoms with E-state index in [2.05, 4.69) is 26.5 Å². The highest BCUT2D eigenvalue weighted by atomic mass is 79.9. The predicted octanol–water partition coefficient (Wildman–Crippen LogP) is 4.55. The Morgan fingerprint density at radius 3 is 2.61 bits per heavy atom. The Kier molecular flexibility index (Phi) is 6.57. The van der Waals surface area contributed by atoms with Crippen LogP contribution in [0.5, 0.6) is 5.75 Å². The van der Waals surface area contributed by atoms with Gasteiger partial charge in [-0.1, -0.05) is 18.2 Å². The van der Waals surface area contributed by atoms with Crippen molar-refractivity contribution in [2.45, 2.75) is 6.61 Å². The molecule has 1 aromatic heterocycles. The zero-order chi connectivity index (χ0) is 19.9. The molecule has 0 saturated carbocycles. The second kappa shape index (κ2) is 9.29. The summed E-state index contributed by atoms with van der Waals surface area (Å²) in [4.78, 5) is 23.3. The van der Waals surface area contributed by atoms with Gasteiger partial charge in [0.05, 0.1) is 21.1 Å². The molecule has 0 aliphatic rings. The normalized spacial score (nSPS) is 10.8. The third-order valence-corrected chi connectivity index (χ3v) is 5.16. The highest BCUT2D eigenvalue weighted by Gasteiger charge is 2.06. The molecule has 2 aromatic carbocycles. The molecular weight excluding hydrogens is 444 g/mol. The Bertz CT molecular complexity index is 1000. The molecule has 0 atom stereocenters. The standard InChI is InChI=1S/C20H15BrN2O4S/c21-16-10-14(11-22-23-19(24)18-2-1-9-28-18)5-8-17(16)27-12-13-3-6-15(7-4-13)20(25)26/h1-11H,12H2,(H,23,24)(H,25,26)/b22-11+. The SMILES string of the molecule is O=C(O)c1ccc(COc2ccc(/C=N/NC(=O)c3cccs3)cc2Br)cc1. The molecule has 2 N–H and O–H groups in total. The molecule has 1 amide bonds. The minimum absolute atomic E-state index is 0.236. The van der Waals surface area contributed by atoms with E-state index in [4.69, 9.17) is 9.84 Å². The zero-order valence-electron chi connectivity index (χ0n) is 14.5. The average molecular weight is 459 g/mol. The predicted molar refractivity (Wildman–Crippen MR) is 111 cm³/mol. The molecule has 0 unspecified atom stereocenters. The summed E-state index contributed by atoms with van der Waals surface area (Å²) >= 11 is 4.80. The molecule has 142 valence electrons. The van der Waals surface area contributed by atoms with E-state index in [-0.39, 0.29) is 11.5 Å². The Balaban J connectivity index is 1.56. The lowest BCUT2D eigenvalue weighted by Crippen LogP contribution is -2.16. The first-order valence-corrected chi connectivity index (χ1v) is 9.81. The summed E-state index contributed by atoms with van der Waals surface area (Å²) in [6, 6.07) is 15.5. The van der Waals surface area contributed by atoms with Gasteiger partial charge in [0, 0.05) is 0 Å². The zero-order valence-corrected chi connectivity index (χ0v) is 16.9. The van der Waals surface area contributed by atoms with Crippen molar-refractivity contribution < 1.29 is 19.4 Å². The van der Waals surface area contributed by atoms with E-state index in [0.29, 0.717) is 17.2 Å². The van der Waals surface area contributed by atoms with Crippen molar-refractivity contribution in [2.75, 3.05) is 0 Å². The van der Waals surface area contributed by atoms with Crippen molar-refractivity contribution in [3.63, 3.8) is 0 Å². The Hall–Kier alpha value is -2.97. The van der Waals surface area contributed by atoms with Gasteiger partial charge >= 0.3 is 5.97 Å². The Morgan fingerprint density at radius 2 is 1.96 bits per heavy atom. The molecule has 6 nitrogen and oxygen atoms in total. The van der Waals surface area contributed by atoms with E-state index in [9.17, 15) is 9.59 Å². The number of hydrogen-bond acceptors (Lipinski definition) is 5. The molecule has 0 bridgehead atoms. The molecule has 0 aliphatic carbocycles. The number of amides is 1. The van der Waals surface area contributed by atoms with Gasteiger partial charge in [-0.2, -0.15) is 5.10 Å². The average Bonchev–Trinajstić information content (AvgIpc) is 3.22. The largest absolute Gasteiger partial charge is 0.488 e. The number of carbonyl (C=O) groups is 2. The van der Waals surface area contributed by atoms with Crippen LogP contribution >= 0.6 is 27.3 Å². The van der Waals surface area contributed by atoms with Crippen LogP contribution in [-0.4, -0.2) is 23.2 Å². The van der Waals surface area contributed by atoms with E-state index in [1.54, 1.807) is 48.7 Å². The Labute approximate surface area is 173 Å². The van der Waals surface area contributed by atoms with Gasteiger partial charge in [0.2, 0.25) is 0 Å². The van der Waals surface area contributed by atoms with Gasteiger partial charge in [-0.15, -0.1) is 11.3 Å². The summed E-state index contributed by atoms with van der Waals surface area (Å²) in [6.07, 6.45) is 1.55. The second-order valence-corrected chi connectivity index (χ2v) is 7.46. The molecule has 0 radical (unpaired) electrons. The van der Waals surface area contributed by atoms with E-state index in [1.807, 2.05) is 17.5 Å². The molecule has 8 heteroatoms. The van der Waals surface area contributed by atoms with Crippen LogP contribution in [0.25, 0.3) is 0 Å². The van der Waals surface area contributed by atoms with E-state index in [0.717, 1.165) is 15.6 Å². The summed E-state index contributed by atoms with van der Waals surface area (Å²) in [5, 5.41) is 14.7. The fourth-order valence-electron chi connectivity index (χ4n) is 2.25. The number of thiophene rings is 1. The first-order valence-electron chi connectivity index (χ1n) is 8.14. The van der Waals surface area contributed by atoms with Crippen molar-refractivity contribution in [1.29, 1.82) is 0 Å². The van der Waals surface area contributed by atoms with Gasteiger partial charge in [0.1, 0.15) is 12.4 Å². The number of halogens is 1. The maximum Gasteiger partial charge on any atom is 0.335 e. The molecule has 0 fully saturated rings. The fourth-order valence-corrected chi connectivity index (χ4v) is 3.37. The van der Waals surface area contributed by atoms with Crippen molar-refractivity contribution >= 4 is 45.4 Å². The highest BCUT2D eigenvalue weighted by Crippen LogP contribution is 2.26. The third kappa shape index (κ3) is 5.28.